The molecule has 2 aromatic carbocycles. The third-order valence-electron chi connectivity index (χ3n) is 7.40. The van der Waals surface area contributed by atoms with Crippen molar-refractivity contribution in [2.24, 2.45) is 17.3 Å². The summed E-state index contributed by atoms with van der Waals surface area (Å²) in [6.07, 6.45) is 3.76. The van der Waals surface area contributed by atoms with Crippen molar-refractivity contribution in [3.63, 3.8) is 0 Å². The van der Waals surface area contributed by atoms with Crippen molar-refractivity contribution in [3.8, 4) is 5.75 Å². The van der Waals surface area contributed by atoms with Crippen LogP contribution in [0.1, 0.15) is 55.2 Å². The van der Waals surface area contributed by atoms with Gasteiger partial charge in [-0.1, -0.05) is 36.4 Å². The van der Waals surface area contributed by atoms with Gasteiger partial charge in [0.1, 0.15) is 12.4 Å². The molecule has 0 radical (unpaired) electrons. The van der Waals surface area contributed by atoms with Crippen molar-refractivity contribution in [1.82, 2.24) is 0 Å². The Balaban J connectivity index is 1.37. The summed E-state index contributed by atoms with van der Waals surface area (Å²) < 4.78 is 6.02. The van der Waals surface area contributed by atoms with Crippen molar-refractivity contribution in [1.29, 1.82) is 0 Å². The molecule has 5 heteroatoms. The lowest BCUT2D eigenvalue weighted by Gasteiger charge is -2.48. The molecule has 0 N–H and O–H groups in total. The standard InChI is InChI=1S/C25H26O5/c1-25-12-11-20-19-10-8-18(28-15-16-5-3-2-4-6-16)13-17(19)7-9-21(20)22(25)14-23(26)29-30-24(25)27/h2-6,8,10,13,20-22H,7,9,11-12,14-15H2,1H3/t20?,21?,22?,25-/m0/s1. The molecule has 1 saturated heterocycles. The fourth-order valence-corrected chi connectivity index (χ4v) is 5.73. The van der Waals surface area contributed by atoms with Gasteiger partial charge in [-0.2, -0.15) is 0 Å². The average molecular weight is 406 g/mol. The maximum atomic E-state index is 12.6. The Kier molecular flexibility index (Phi) is 4.76. The van der Waals surface area contributed by atoms with Crippen LogP contribution in [0.25, 0.3) is 0 Å². The minimum absolute atomic E-state index is 0.0408. The van der Waals surface area contributed by atoms with Gasteiger partial charge in [0.25, 0.3) is 0 Å². The quantitative estimate of drug-likeness (QED) is 0.690. The van der Waals surface area contributed by atoms with E-state index in [1.165, 1.54) is 11.1 Å². The summed E-state index contributed by atoms with van der Waals surface area (Å²) in [5, 5.41) is 0. The molecule has 2 aliphatic carbocycles. The van der Waals surface area contributed by atoms with E-state index in [2.05, 4.69) is 24.3 Å². The summed E-state index contributed by atoms with van der Waals surface area (Å²) in [5.41, 5.74) is 3.16. The van der Waals surface area contributed by atoms with Gasteiger partial charge >= 0.3 is 11.9 Å². The summed E-state index contributed by atoms with van der Waals surface area (Å²) in [5.74, 6) is 0.652. The number of carbonyl (C=O) groups excluding carboxylic acids is 2. The molecule has 3 aliphatic rings. The third-order valence-corrected chi connectivity index (χ3v) is 7.40. The molecule has 1 heterocycles. The zero-order valence-corrected chi connectivity index (χ0v) is 17.1. The lowest BCUT2D eigenvalue weighted by molar-refractivity contribution is -0.261. The van der Waals surface area contributed by atoms with Gasteiger partial charge in [0.15, 0.2) is 0 Å². The summed E-state index contributed by atoms with van der Waals surface area (Å²) in [4.78, 5) is 34.1. The predicted molar refractivity (Wildman–Crippen MR) is 109 cm³/mol. The Hall–Kier alpha value is -2.82. The van der Waals surface area contributed by atoms with Crippen LogP contribution in [0.2, 0.25) is 0 Å². The highest BCUT2D eigenvalue weighted by Gasteiger charge is 2.55. The maximum Gasteiger partial charge on any atom is 0.361 e. The van der Waals surface area contributed by atoms with Crippen LogP contribution < -0.4 is 4.74 Å². The van der Waals surface area contributed by atoms with Crippen molar-refractivity contribution in [2.45, 2.75) is 51.6 Å². The van der Waals surface area contributed by atoms with Gasteiger partial charge in [0.2, 0.25) is 0 Å². The van der Waals surface area contributed by atoms with E-state index in [1.807, 2.05) is 31.2 Å². The number of benzene rings is 2. The van der Waals surface area contributed by atoms with Crippen molar-refractivity contribution >= 4 is 11.9 Å². The molecule has 4 atom stereocenters. The van der Waals surface area contributed by atoms with E-state index in [9.17, 15) is 9.59 Å². The molecule has 2 aromatic rings. The van der Waals surface area contributed by atoms with Gasteiger partial charge in [-0.3, -0.25) is 0 Å². The molecule has 156 valence electrons. The molecular weight excluding hydrogens is 380 g/mol. The fourth-order valence-electron chi connectivity index (χ4n) is 5.73. The van der Waals surface area contributed by atoms with Crippen molar-refractivity contribution < 1.29 is 24.1 Å². The first-order valence-electron chi connectivity index (χ1n) is 10.8. The van der Waals surface area contributed by atoms with Crippen molar-refractivity contribution in [2.75, 3.05) is 0 Å². The van der Waals surface area contributed by atoms with E-state index >= 15 is 0 Å². The van der Waals surface area contributed by atoms with Crippen LogP contribution in [0, 0.1) is 17.3 Å². The normalized spacial score (nSPS) is 30.1. The van der Waals surface area contributed by atoms with Crippen LogP contribution in [0.3, 0.4) is 0 Å². The highest BCUT2D eigenvalue weighted by Crippen LogP contribution is 2.57. The Morgan fingerprint density at radius 2 is 1.90 bits per heavy atom. The summed E-state index contributed by atoms with van der Waals surface area (Å²) in [6, 6.07) is 16.5. The van der Waals surface area contributed by atoms with Crippen LogP contribution >= 0.6 is 0 Å². The summed E-state index contributed by atoms with van der Waals surface area (Å²) in [6.45, 7) is 2.49. The highest BCUT2D eigenvalue weighted by atomic mass is 17.2. The first-order chi connectivity index (χ1) is 14.5. The smallest absolute Gasteiger partial charge is 0.361 e. The first kappa shape index (κ1) is 19.2. The number of carbonyl (C=O) groups is 2. The molecule has 5 nitrogen and oxygen atoms in total. The zero-order valence-electron chi connectivity index (χ0n) is 17.1. The second-order valence-electron chi connectivity index (χ2n) is 9.04. The summed E-state index contributed by atoms with van der Waals surface area (Å²) >= 11 is 0. The molecule has 1 saturated carbocycles. The average Bonchev–Trinajstić information content (AvgIpc) is 2.89. The predicted octanol–water partition coefficient (Wildman–Crippen LogP) is 4.73. The molecule has 0 bridgehead atoms. The first-order valence-corrected chi connectivity index (χ1v) is 10.8. The van der Waals surface area contributed by atoms with Crippen LogP contribution in [-0.2, 0) is 32.4 Å². The van der Waals surface area contributed by atoms with E-state index in [4.69, 9.17) is 14.5 Å². The van der Waals surface area contributed by atoms with Gasteiger partial charge in [0.05, 0.1) is 11.8 Å². The molecular formula is C25H26O5. The van der Waals surface area contributed by atoms with E-state index in [1.54, 1.807) is 0 Å². The zero-order chi connectivity index (χ0) is 20.7. The molecule has 0 aromatic heterocycles. The Morgan fingerprint density at radius 3 is 2.73 bits per heavy atom. The van der Waals surface area contributed by atoms with Gasteiger partial charge in [-0.25, -0.2) is 19.4 Å². The van der Waals surface area contributed by atoms with E-state index in [0.717, 1.165) is 30.6 Å². The van der Waals surface area contributed by atoms with Gasteiger partial charge in [-0.15, -0.1) is 0 Å². The Labute approximate surface area is 176 Å². The van der Waals surface area contributed by atoms with Gasteiger partial charge < -0.3 is 4.74 Å². The number of rotatable bonds is 3. The van der Waals surface area contributed by atoms with E-state index in [0.29, 0.717) is 18.9 Å². The number of fused-ring (bicyclic) bond motifs is 5. The minimum atomic E-state index is -0.649. The van der Waals surface area contributed by atoms with Crippen LogP contribution in [0.15, 0.2) is 48.5 Å². The lowest BCUT2D eigenvalue weighted by atomic mass is 9.54. The molecule has 30 heavy (non-hydrogen) atoms. The molecule has 0 amide bonds. The maximum absolute atomic E-state index is 12.6. The second-order valence-corrected chi connectivity index (χ2v) is 9.04. The fraction of sp³-hybridized carbons (Fsp3) is 0.440. The molecule has 5 rings (SSSR count). The number of hydrogen-bond donors (Lipinski definition) is 0. The molecule has 1 aliphatic heterocycles. The molecule has 0 spiro atoms. The van der Waals surface area contributed by atoms with Gasteiger partial charge in [0, 0.05) is 0 Å². The molecule has 2 fully saturated rings. The monoisotopic (exact) mass is 406 g/mol. The highest BCUT2D eigenvalue weighted by molar-refractivity contribution is 5.81. The van der Waals surface area contributed by atoms with Crippen LogP contribution in [-0.4, -0.2) is 11.9 Å². The number of hydrogen-bond acceptors (Lipinski definition) is 5. The SMILES string of the molecule is C[C@]12CCC3c4ccc(OCc5ccccc5)cc4CCC3C1CC(=O)OOC2=O. The Morgan fingerprint density at radius 1 is 1.07 bits per heavy atom. The van der Waals surface area contributed by atoms with E-state index in [-0.39, 0.29) is 18.3 Å². The Bertz CT molecular complexity index is 969. The van der Waals surface area contributed by atoms with Crippen LogP contribution in [0.4, 0.5) is 0 Å². The van der Waals surface area contributed by atoms with Gasteiger partial charge in [-0.05, 0) is 79.2 Å². The third kappa shape index (κ3) is 3.26. The summed E-state index contributed by atoms with van der Waals surface area (Å²) in [7, 11) is 0. The van der Waals surface area contributed by atoms with Crippen LogP contribution in [0.5, 0.6) is 5.75 Å². The second kappa shape index (κ2) is 7.46. The number of ether oxygens (including phenoxy) is 1. The topological polar surface area (TPSA) is 61.8 Å². The largest absolute Gasteiger partial charge is 0.489 e. The number of aryl methyl sites for hydroxylation is 1. The van der Waals surface area contributed by atoms with E-state index < -0.39 is 17.4 Å². The molecule has 3 unspecified atom stereocenters. The lowest BCUT2D eigenvalue weighted by Crippen LogP contribution is -2.46. The van der Waals surface area contributed by atoms with Crippen molar-refractivity contribution in [3.05, 3.63) is 65.2 Å². The minimum Gasteiger partial charge on any atom is -0.489 e.